The molecule has 0 spiro atoms. The van der Waals surface area contributed by atoms with E-state index < -0.39 is 5.92 Å². The van der Waals surface area contributed by atoms with Gasteiger partial charge in [0, 0.05) is 40.4 Å². The molecule has 0 radical (unpaired) electrons. The molecule has 2 aromatic carbocycles. The molecule has 1 aliphatic heterocycles. The maximum Gasteiger partial charge on any atom is 0.195 e. The van der Waals surface area contributed by atoms with Gasteiger partial charge in [-0.1, -0.05) is 38.1 Å². The van der Waals surface area contributed by atoms with Gasteiger partial charge < -0.3 is 5.73 Å². The van der Waals surface area contributed by atoms with E-state index in [1.54, 1.807) is 33.1 Å². The normalized spacial score (nSPS) is 18.0. The van der Waals surface area contributed by atoms with Crippen molar-refractivity contribution in [2.45, 2.75) is 32.6 Å². The predicted molar refractivity (Wildman–Crippen MR) is 171 cm³/mol. The van der Waals surface area contributed by atoms with Gasteiger partial charge in [0.25, 0.3) is 0 Å². The molecule has 3 aromatic heterocycles. The summed E-state index contributed by atoms with van der Waals surface area (Å²) in [4.78, 5) is 21.7. The first-order valence-electron chi connectivity index (χ1n) is 14.1. The Balaban J connectivity index is 1.44. The first-order valence-corrected chi connectivity index (χ1v) is 15.9. The largest absolute Gasteiger partial charge is 0.384 e. The fourth-order valence-corrected chi connectivity index (χ4v) is 7.68. The summed E-state index contributed by atoms with van der Waals surface area (Å²) in [6.07, 6.45) is 2.83. The molecule has 1 unspecified atom stereocenters. The first-order chi connectivity index (χ1) is 21.2. The van der Waals surface area contributed by atoms with E-state index in [1.165, 1.54) is 23.5 Å². The highest BCUT2D eigenvalue weighted by atomic mass is 32.1. The number of rotatable bonds is 5. The van der Waals surface area contributed by atoms with Crippen molar-refractivity contribution in [2.24, 2.45) is 11.1 Å². The fourth-order valence-electron chi connectivity index (χ4n) is 6.07. The Morgan fingerprint density at radius 1 is 1.05 bits per heavy atom. The number of nitrogens with zero attached hydrogens (tertiary/aromatic N) is 5. The summed E-state index contributed by atoms with van der Waals surface area (Å²) in [5.41, 5.74) is 11.9. The van der Waals surface area contributed by atoms with Crippen molar-refractivity contribution < 1.29 is 9.18 Å². The maximum absolute atomic E-state index is 14.2. The average Bonchev–Trinajstić information content (AvgIpc) is 3.78. The number of ketones is 1. The number of halogens is 1. The van der Waals surface area contributed by atoms with Gasteiger partial charge in [-0.05, 0) is 59.7 Å². The van der Waals surface area contributed by atoms with Crippen LogP contribution >= 0.6 is 22.7 Å². The highest BCUT2D eigenvalue weighted by Gasteiger charge is 2.46. The molecule has 0 bridgehead atoms. The minimum Gasteiger partial charge on any atom is -0.384 e. The van der Waals surface area contributed by atoms with Gasteiger partial charge in [0.05, 0.1) is 33.8 Å². The quantitative estimate of drug-likeness (QED) is 0.216. The molecule has 0 saturated carbocycles. The predicted octanol–water partition coefficient (Wildman–Crippen LogP) is 7.80. The number of hydrogen-bond acceptors (Lipinski definition) is 8. The van der Waals surface area contributed by atoms with Gasteiger partial charge >= 0.3 is 0 Å². The molecule has 10 heteroatoms. The lowest BCUT2D eigenvalue weighted by molar-refractivity contribution is -0.118. The highest BCUT2D eigenvalue weighted by Crippen LogP contribution is 2.52. The molecular weight excluding hydrogens is 592 g/mol. The SMILES string of the molecule is CC1(C)CC(=O)C2=C(C1)N(c1nc(-c3ccc(F)cc3)cs1)C(N)=C(C#N)C2c1cn(-c2ccccc2)nc1-c1cccs1. The molecular formula is C34H27FN6OS2. The van der Waals surface area contributed by atoms with Crippen LogP contribution in [0.3, 0.4) is 0 Å². The standard InChI is InChI=1S/C34H27FN6OS2/c1-34(2)15-26-30(27(42)16-34)29(24-18-40(22-7-4-3-5-8-22)39-31(24)28-9-6-14-43-28)23(17-36)32(37)41(26)33-38-25(19-44-33)20-10-12-21(35)13-11-20/h3-14,18-19,29H,15-16,37H2,1-2H3. The van der Waals surface area contributed by atoms with Crippen molar-refractivity contribution in [3.8, 4) is 33.6 Å². The van der Waals surface area contributed by atoms with Crippen molar-refractivity contribution in [2.75, 3.05) is 4.90 Å². The summed E-state index contributed by atoms with van der Waals surface area (Å²) in [5.74, 6) is -0.800. The second kappa shape index (κ2) is 10.7. The number of allylic oxidation sites excluding steroid dienone is 3. The lowest BCUT2D eigenvalue weighted by atomic mass is 9.68. The number of thiazole rings is 1. The van der Waals surface area contributed by atoms with Crippen molar-refractivity contribution in [1.82, 2.24) is 14.8 Å². The zero-order valence-electron chi connectivity index (χ0n) is 24.0. The third-order valence-electron chi connectivity index (χ3n) is 8.03. The van der Waals surface area contributed by atoms with Crippen LogP contribution in [0.25, 0.3) is 27.5 Å². The molecule has 5 aromatic rings. The molecule has 0 fully saturated rings. The van der Waals surface area contributed by atoms with Crippen molar-refractivity contribution >= 4 is 33.6 Å². The Hall–Kier alpha value is -4.85. The molecule has 218 valence electrons. The topological polar surface area (TPSA) is 101 Å². The van der Waals surface area contributed by atoms with E-state index in [0.717, 1.165) is 27.4 Å². The third kappa shape index (κ3) is 4.75. The van der Waals surface area contributed by atoms with Crippen LogP contribution in [0.1, 0.15) is 38.2 Å². The number of thiophene rings is 1. The number of Topliss-reactive ketones (excluding diaryl/α,β-unsaturated/α-hetero) is 1. The van der Waals surface area contributed by atoms with E-state index in [0.29, 0.717) is 34.9 Å². The Kier molecular flexibility index (Phi) is 6.80. The van der Waals surface area contributed by atoms with Crippen LogP contribution in [0.4, 0.5) is 9.52 Å². The molecule has 44 heavy (non-hydrogen) atoms. The van der Waals surface area contributed by atoms with Crippen LogP contribution in [0.5, 0.6) is 0 Å². The van der Waals surface area contributed by atoms with Gasteiger partial charge in [-0.15, -0.1) is 22.7 Å². The average molecular weight is 619 g/mol. The van der Waals surface area contributed by atoms with Gasteiger partial charge in [0.2, 0.25) is 0 Å². The second-order valence-electron chi connectivity index (χ2n) is 11.7. The number of aromatic nitrogens is 3. The number of hydrogen-bond donors (Lipinski definition) is 1. The second-order valence-corrected chi connectivity index (χ2v) is 13.5. The van der Waals surface area contributed by atoms with Gasteiger partial charge in [-0.3, -0.25) is 9.69 Å². The lowest BCUT2D eigenvalue weighted by Crippen LogP contribution is -2.42. The number of nitrogens with two attached hydrogens (primary N) is 1. The first kappa shape index (κ1) is 28.0. The zero-order valence-corrected chi connectivity index (χ0v) is 25.6. The van der Waals surface area contributed by atoms with Crippen LogP contribution in [0, 0.1) is 22.6 Å². The monoisotopic (exact) mass is 618 g/mol. The Labute approximate surface area is 262 Å². The van der Waals surface area contributed by atoms with Gasteiger partial charge in [0.15, 0.2) is 10.9 Å². The summed E-state index contributed by atoms with van der Waals surface area (Å²) in [6.45, 7) is 4.13. The molecule has 7 nitrogen and oxygen atoms in total. The highest BCUT2D eigenvalue weighted by molar-refractivity contribution is 7.14. The number of nitriles is 1. The Morgan fingerprint density at radius 3 is 2.52 bits per heavy atom. The number of carbonyl (C=O) groups excluding carboxylic acids is 1. The van der Waals surface area contributed by atoms with E-state index in [9.17, 15) is 14.4 Å². The summed E-state index contributed by atoms with van der Waals surface area (Å²) in [5, 5.41) is 20.0. The number of anilines is 1. The molecule has 2 aliphatic rings. The smallest absolute Gasteiger partial charge is 0.195 e. The van der Waals surface area contributed by atoms with Crippen LogP contribution < -0.4 is 10.6 Å². The van der Waals surface area contributed by atoms with Gasteiger partial charge in [0.1, 0.15) is 17.3 Å². The third-order valence-corrected chi connectivity index (χ3v) is 9.74. The van der Waals surface area contributed by atoms with Gasteiger partial charge in [-0.2, -0.15) is 10.4 Å². The van der Waals surface area contributed by atoms with Crippen LogP contribution in [-0.4, -0.2) is 20.5 Å². The molecule has 7 rings (SSSR count). The van der Waals surface area contributed by atoms with Crippen LogP contribution in [-0.2, 0) is 4.79 Å². The summed E-state index contributed by atoms with van der Waals surface area (Å²) >= 11 is 2.92. The van der Waals surface area contributed by atoms with E-state index >= 15 is 0 Å². The zero-order chi connectivity index (χ0) is 30.6. The Morgan fingerprint density at radius 2 is 1.82 bits per heavy atom. The summed E-state index contributed by atoms with van der Waals surface area (Å²) in [7, 11) is 0. The van der Waals surface area contributed by atoms with E-state index in [2.05, 4.69) is 19.9 Å². The minimum atomic E-state index is -0.694. The van der Waals surface area contributed by atoms with Crippen LogP contribution in [0.15, 0.2) is 106 Å². The van der Waals surface area contributed by atoms with E-state index in [1.807, 2.05) is 59.4 Å². The maximum atomic E-state index is 14.2. The molecule has 1 atom stereocenters. The molecule has 4 heterocycles. The molecule has 0 saturated heterocycles. The van der Waals surface area contributed by atoms with Gasteiger partial charge in [-0.25, -0.2) is 14.1 Å². The number of carbonyl (C=O) groups is 1. The van der Waals surface area contributed by atoms with Crippen molar-refractivity contribution in [1.29, 1.82) is 5.26 Å². The minimum absolute atomic E-state index is 0.0218. The molecule has 0 amide bonds. The lowest BCUT2D eigenvalue weighted by Gasteiger charge is -2.42. The number of para-hydroxylation sites is 1. The number of benzene rings is 2. The van der Waals surface area contributed by atoms with E-state index in [4.69, 9.17) is 15.8 Å². The van der Waals surface area contributed by atoms with Crippen molar-refractivity contribution in [3.63, 3.8) is 0 Å². The van der Waals surface area contributed by atoms with Crippen LogP contribution in [0.2, 0.25) is 0 Å². The summed E-state index contributed by atoms with van der Waals surface area (Å²) in [6, 6.07) is 22.2. The van der Waals surface area contributed by atoms with Crippen molar-refractivity contribution in [3.05, 3.63) is 118 Å². The van der Waals surface area contributed by atoms with E-state index in [-0.39, 0.29) is 28.4 Å². The Bertz CT molecular complexity index is 2000. The molecule has 2 N–H and O–H groups in total. The summed E-state index contributed by atoms with van der Waals surface area (Å²) < 4.78 is 15.4. The fraction of sp³-hybridized carbons (Fsp3) is 0.176. The molecule has 1 aliphatic carbocycles.